The van der Waals surface area contributed by atoms with Gasteiger partial charge in [0.15, 0.2) is 0 Å². The minimum Gasteiger partial charge on any atom is -0.338 e. The molecule has 152 valence electrons. The van der Waals surface area contributed by atoms with Crippen molar-refractivity contribution in [3.63, 3.8) is 0 Å². The molecule has 0 saturated carbocycles. The van der Waals surface area contributed by atoms with Crippen molar-refractivity contribution in [3.8, 4) is 0 Å². The fraction of sp³-hybridized carbons (Fsp3) is 0.455. The Morgan fingerprint density at radius 3 is 1.93 bits per heavy atom. The zero-order chi connectivity index (χ0) is 20.1. The van der Waals surface area contributed by atoms with Crippen LogP contribution in [-0.4, -0.2) is 70.9 Å². The molecule has 0 atom stereocenters. The first-order valence-corrected chi connectivity index (χ1v) is 10.4. The molecule has 0 radical (unpaired) electrons. The van der Waals surface area contributed by atoms with Crippen molar-refractivity contribution in [2.24, 2.45) is 0 Å². The molecule has 2 aromatic rings. The molecule has 0 unspecified atom stereocenters. The largest absolute Gasteiger partial charge is 0.338 e. The number of anilines is 1. The van der Waals surface area contributed by atoms with Crippen LogP contribution in [0.5, 0.6) is 0 Å². The lowest BCUT2D eigenvalue weighted by molar-refractivity contribution is 0.0651. The Morgan fingerprint density at radius 1 is 0.724 bits per heavy atom. The molecule has 1 saturated heterocycles. The fourth-order valence-corrected chi connectivity index (χ4v) is 4.03. The molecule has 7 nitrogen and oxygen atoms in total. The maximum Gasteiger partial charge on any atom is 0.261 e. The topological polar surface area (TPSA) is 69.6 Å². The first-order chi connectivity index (χ1) is 14.2. The standard InChI is InChI=1S/C22H27N5O2/c28-20-18-8-3-4-9-19(18)21(29)27(20)13-6-2-1-5-12-25-14-16-26(17-15-25)22-23-10-7-11-24-22/h3-4,7-11H,1-2,5-6,12-17H2. The average molecular weight is 393 g/mol. The number of hydrogen-bond acceptors (Lipinski definition) is 6. The Bertz CT molecular complexity index is 814. The Morgan fingerprint density at radius 2 is 1.31 bits per heavy atom. The van der Waals surface area contributed by atoms with Gasteiger partial charge in [-0.1, -0.05) is 25.0 Å². The Kier molecular flexibility index (Phi) is 6.14. The summed E-state index contributed by atoms with van der Waals surface area (Å²) in [4.78, 5) is 39.5. The van der Waals surface area contributed by atoms with Gasteiger partial charge in [-0.3, -0.25) is 19.4 Å². The molecule has 0 N–H and O–H groups in total. The smallest absolute Gasteiger partial charge is 0.261 e. The summed E-state index contributed by atoms with van der Waals surface area (Å²) in [6.45, 7) is 5.60. The molecule has 3 heterocycles. The third kappa shape index (κ3) is 4.45. The zero-order valence-electron chi connectivity index (χ0n) is 16.7. The lowest BCUT2D eigenvalue weighted by atomic mass is 10.1. The molecular formula is C22H27N5O2. The van der Waals surface area contributed by atoms with Crippen molar-refractivity contribution in [2.75, 3.05) is 44.2 Å². The predicted molar refractivity (Wildman–Crippen MR) is 111 cm³/mol. The van der Waals surface area contributed by atoms with Gasteiger partial charge in [0.1, 0.15) is 0 Å². The molecule has 1 fully saturated rings. The summed E-state index contributed by atoms with van der Waals surface area (Å²) in [5.41, 5.74) is 1.08. The van der Waals surface area contributed by atoms with Gasteiger partial charge in [0.2, 0.25) is 5.95 Å². The van der Waals surface area contributed by atoms with Crippen molar-refractivity contribution < 1.29 is 9.59 Å². The summed E-state index contributed by atoms with van der Waals surface area (Å²) in [5.74, 6) is 0.525. The third-order valence-electron chi connectivity index (χ3n) is 5.69. The monoisotopic (exact) mass is 393 g/mol. The van der Waals surface area contributed by atoms with Crippen molar-refractivity contribution in [2.45, 2.75) is 25.7 Å². The fourth-order valence-electron chi connectivity index (χ4n) is 4.03. The van der Waals surface area contributed by atoms with E-state index in [-0.39, 0.29) is 11.8 Å². The molecule has 2 aliphatic heterocycles. The van der Waals surface area contributed by atoms with Gasteiger partial charge in [0, 0.05) is 45.1 Å². The highest BCUT2D eigenvalue weighted by molar-refractivity contribution is 6.21. The molecule has 1 aromatic carbocycles. The second kappa shape index (κ2) is 9.13. The molecular weight excluding hydrogens is 366 g/mol. The highest BCUT2D eigenvalue weighted by atomic mass is 16.2. The molecule has 2 aliphatic rings. The summed E-state index contributed by atoms with van der Waals surface area (Å²) < 4.78 is 0. The van der Waals surface area contributed by atoms with Crippen molar-refractivity contribution in [1.82, 2.24) is 19.8 Å². The lowest BCUT2D eigenvalue weighted by Gasteiger charge is -2.34. The van der Waals surface area contributed by atoms with E-state index in [0.29, 0.717) is 17.7 Å². The number of rotatable bonds is 8. The summed E-state index contributed by atoms with van der Waals surface area (Å²) in [6.07, 6.45) is 7.73. The summed E-state index contributed by atoms with van der Waals surface area (Å²) in [7, 11) is 0. The maximum atomic E-state index is 12.3. The number of unbranched alkanes of at least 4 members (excludes halogenated alkanes) is 3. The Balaban J connectivity index is 1.11. The van der Waals surface area contributed by atoms with Crippen LogP contribution in [0.3, 0.4) is 0 Å². The molecule has 0 aliphatic carbocycles. The van der Waals surface area contributed by atoms with E-state index in [2.05, 4.69) is 19.8 Å². The van der Waals surface area contributed by atoms with E-state index in [9.17, 15) is 9.59 Å². The van der Waals surface area contributed by atoms with Crippen molar-refractivity contribution in [1.29, 1.82) is 0 Å². The second-order valence-corrected chi connectivity index (χ2v) is 7.60. The van der Waals surface area contributed by atoms with Crippen LogP contribution < -0.4 is 4.90 Å². The molecule has 0 spiro atoms. The number of fused-ring (bicyclic) bond motifs is 1. The van der Waals surface area contributed by atoms with Gasteiger partial charge in [0.25, 0.3) is 11.8 Å². The number of aromatic nitrogens is 2. The second-order valence-electron chi connectivity index (χ2n) is 7.60. The van der Waals surface area contributed by atoms with E-state index < -0.39 is 0 Å². The minimum atomic E-state index is -0.147. The van der Waals surface area contributed by atoms with Crippen LogP contribution in [0.2, 0.25) is 0 Å². The van der Waals surface area contributed by atoms with Crippen LogP contribution in [0.15, 0.2) is 42.7 Å². The number of nitrogens with zero attached hydrogens (tertiary/aromatic N) is 5. The van der Waals surface area contributed by atoms with E-state index in [4.69, 9.17) is 0 Å². The van der Waals surface area contributed by atoms with Crippen LogP contribution in [0.1, 0.15) is 46.4 Å². The van der Waals surface area contributed by atoms with Gasteiger partial charge < -0.3 is 4.90 Å². The predicted octanol–water partition coefficient (Wildman–Crippen LogP) is 2.46. The van der Waals surface area contributed by atoms with E-state index in [1.165, 1.54) is 4.90 Å². The first kappa shape index (κ1) is 19.5. The Hall–Kier alpha value is -2.80. The van der Waals surface area contributed by atoms with Gasteiger partial charge in [-0.25, -0.2) is 9.97 Å². The van der Waals surface area contributed by atoms with Crippen LogP contribution in [0.25, 0.3) is 0 Å². The van der Waals surface area contributed by atoms with Crippen molar-refractivity contribution >= 4 is 17.8 Å². The van der Waals surface area contributed by atoms with Crippen molar-refractivity contribution in [3.05, 3.63) is 53.9 Å². The minimum absolute atomic E-state index is 0.147. The first-order valence-electron chi connectivity index (χ1n) is 10.4. The number of imide groups is 1. The number of amides is 2. The van der Waals surface area contributed by atoms with Gasteiger partial charge in [-0.05, 0) is 37.6 Å². The quantitative estimate of drug-likeness (QED) is 0.507. The summed E-state index contributed by atoms with van der Waals surface area (Å²) in [6, 6.07) is 8.92. The molecule has 2 amide bonds. The van der Waals surface area contributed by atoms with E-state index in [0.717, 1.165) is 64.4 Å². The van der Waals surface area contributed by atoms with Crippen LogP contribution >= 0.6 is 0 Å². The van der Waals surface area contributed by atoms with Crippen LogP contribution in [0.4, 0.5) is 5.95 Å². The number of carbonyl (C=O) groups is 2. The average Bonchev–Trinajstić information content (AvgIpc) is 3.02. The summed E-state index contributed by atoms with van der Waals surface area (Å²) in [5, 5.41) is 0. The zero-order valence-corrected chi connectivity index (χ0v) is 16.7. The third-order valence-corrected chi connectivity index (χ3v) is 5.69. The van der Waals surface area contributed by atoms with Crippen LogP contribution in [-0.2, 0) is 0 Å². The highest BCUT2D eigenvalue weighted by Gasteiger charge is 2.34. The lowest BCUT2D eigenvalue weighted by Crippen LogP contribution is -2.47. The van der Waals surface area contributed by atoms with Gasteiger partial charge in [0.05, 0.1) is 11.1 Å². The van der Waals surface area contributed by atoms with Crippen LogP contribution in [0, 0.1) is 0 Å². The maximum absolute atomic E-state index is 12.3. The normalized spacial score (nSPS) is 17.1. The number of hydrogen-bond donors (Lipinski definition) is 0. The van der Waals surface area contributed by atoms with E-state index in [1.54, 1.807) is 36.7 Å². The van der Waals surface area contributed by atoms with Gasteiger partial charge in [-0.15, -0.1) is 0 Å². The summed E-state index contributed by atoms with van der Waals surface area (Å²) >= 11 is 0. The molecule has 4 rings (SSSR count). The number of benzene rings is 1. The SMILES string of the molecule is O=C1c2ccccc2C(=O)N1CCCCCCN1CCN(c2ncccn2)CC1. The Labute approximate surface area is 171 Å². The number of carbonyl (C=O) groups excluding carboxylic acids is 2. The number of piperazine rings is 1. The van der Waals surface area contributed by atoms with E-state index >= 15 is 0 Å². The molecule has 7 heteroatoms. The van der Waals surface area contributed by atoms with E-state index in [1.807, 2.05) is 6.07 Å². The highest BCUT2D eigenvalue weighted by Crippen LogP contribution is 2.22. The molecule has 0 bridgehead atoms. The molecule has 1 aromatic heterocycles. The van der Waals surface area contributed by atoms with Gasteiger partial charge in [-0.2, -0.15) is 0 Å². The van der Waals surface area contributed by atoms with Gasteiger partial charge >= 0.3 is 0 Å². The molecule has 29 heavy (non-hydrogen) atoms.